The van der Waals surface area contributed by atoms with Gasteiger partial charge in [0, 0.05) is 17.1 Å². The average Bonchev–Trinajstić information content (AvgIpc) is 3.38. The molecule has 0 aliphatic carbocycles. The van der Waals surface area contributed by atoms with Gasteiger partial charge in [-0.15, -0.1) is 0 Å². The number of benzene rings is 9. The maximum Gasteiger partial charge on any atom is 0.338 e. The minimum atomic E-state index is -0.476. The zero-order valence-corrected chi connectivity index (χ0v) is 37.1. The van der Waals surface area contributed by atoms with E-state index in [2.05, 4.69) is 132 Å². The van der Waals surface area contributed by atoms with Crippen molar-refractivity contribution in [2.24, 2.45) is 0 Å². The number of carbonyl (C=O) groups is 2. The molecule has 0 aromatic heterocycles. The fraction of sp³-hybridized carbons (Fsp3) is 0.0820. The molecule has 0 unspecified atom stereocenters. The lowest BCUT2D eigenvalue weighted by Gasteiger charge is -2.26. The predicted molar refractivity (Wildman–Crippen MR) is 269 cm³/mol. The van der Waals surface area contributed by atoms with E-state index >= 15 is 0 Å². The fourth-order valence-electron chi connectivity index (χ4n) is 8.52. The number of rotatable bonds is 14. The third-order valence-electron chi connectivity index (χ3n) is 11.7. The van der Waals surface area contributed by atoms with E-state index in [0.717, 1.165) is 72.7 Å². The van der Waals surface area contributed by atoms with E-state index in [4.69, 9.17) is 9.47 Å². The molecule has 0 heterocycles. The van der Waals surface area contributed by atoms with Gasteiger partial charge in [0.25, 0.3) is 0 Å². The first kappa shape index (κ1) is 43.0. The second-order valence-corrected chi connectivity index (χ2v) is 16.0. The topological polar surface area (TPSA) is 55.8 Å². The molecule has 9 rings (SSSR count). The SMILES string of the molecule is CCOC(=O)c1cc(-c2cc(Cc3ccccc3)cc(-c3ccccc3)c2)c(C(=O)OCC)cc1-c1ccc(N(c2ccc(-c3ccccc3)cc2)c2ccc(-c3ccccc3)cc2)cc1. The van der Waals surface area contributed by atoms with E-state index in [9.17, 15) is 9.59 Å². The van der Waals surface area contributed by atoms with Crippen molar-refractivity contribution in [3.05, 3.63) is 247 Å². The van der Waals surface area contributed by atoms with Crippen LogP contribution < -0.4 is 4.90 Å². The van der Waals surface area contributed by atoms with Crippen LogP contribution in [0.1, 0.15) is 45.7 Å². The Kier molecular flexibility index (Phi) is 13.1. The maximum absolute atomic E-state index is 14.1. The second-order valence-electron chi connectivity index (χ2n) is 16.0. The summed E-state index contributed by atoms with van der Waals surface area (Å²) in [4.78, 5) is 30.4. The molecule has 66 heavy (non-hydrogen) atoms. The van der Waals surface area contributed by atoms with Crippen molar-refractivity contribution in [1.29, 1.82) is 0 Å². The van der Waals surface area contributed by atoms with Crippen LogP contribution in [0.4, 0.5) is 17.1 Å². The van der Waals surface area contributed by atoms with Crippen molar-refractivity contribution < 1.29 is 19.1 Å². The standard InChI is InChI=1S/C61H49NO4/c1-3-65-60(63)58-42-57(52-39-44(37-43-17-9-5-10-18-43)38-51(40-52)47-23-15-8-16-24-47)59(61(64)66-4-2)41-56(58)50-29-35-55(36-30-50)62(53-31-25-48(26-32-53)45-19-11-6-12-20-45)54-33-27-49(28-34-54)46-21-13-7-14-22-46/h5-36,38-42H,3-4,37H2,1-2H3. The number of nitrogens with zero attached hydrogens (tertiary/aromatic N) is 1. The summed E-state index contributed by atoms with van der Waals surface area (Å²) in [6.07, 6.45) is 0.684. The number of hydrogen-bond acceptors (Lipinski definition) is 5. The summed E-state index contributed by atoms with van der Waals surface area (Å²) in [7, 11) is 0. The van der Waals surface area contributed by atoms with Gasteiger partial charge in [0.05, 0.1) is 24.3 Å². The molecular weight excluding hydrogens is 811 g/mol. The van der Waals surface area contributed by atoms with Crippen molar-refractivity contribution >= 4 is 29.0 Å². The summed E-state index contributed by atoms with van der Waals surface area (Å²) in [6.45, 7) is 3.98. The van der Waals surface area contributed by atoms with E-state index in [1.807, 2.05) is 84.9 Å². The van der Waals surface area contributed by atoms with E-state index in [1.54, 1.807) is 26.0 Å². The highest BCUT2D eigenvalue weighted by molar-refractivity contribution is 6.05. The van der Waals surface area contributed by atoms with Gasteiger partial charge in [-0.25, -0.2) is 9.59 Å². The van der Waals surface area contributed by atoms with Gasteiger partial charge in [-0.3, -0.25) is 0 Å². The molecule has 0 fully saturated rings. The number of ether oxygens (including phenoxy) is 2. The van der Waals surface area contributed by atoms with Crippen LogP contribution in [0.3, 0.4) is 0 Å². The van der Waals surface area contributed by atoms with Gasteiger partial charge >= 0.3 is 11.9 Å². The zero-order chi connectivity index (χ0) is 45.2. The molecule has 0 radical (unpaired) electrons. The van der Waals surface area contributed by atoms with Crippen molar-refractivity contribution in [3.63, 3.8) is 0 Å². The Morgan fingerprint density at radius 1 is 0.348 bits per heavy atom. The van der Waals surface area contributed by atoms with E-state index in [1.165, 1.54) is 0 Å². The maximum atomic E-state index is 14.1. The summed E-state index contributed by atoms with van der Waals surface area (Å²) in [6, 6.07) is 76.5. The Hall–Kier alpha value is -8.28. The quantitative estimate of drug-likeness (QED) is 0.102. The minimum Gasteiger partial charge on any atom is -0.462 e. The Bertz CT molecular complexity index is 2980. The Balaban J connectivity index is 1.16. The van der Waals surface area contributed by atoms with Crippen LogP contribution in [0.15, 0.2) is 224 Å². The Morgan fingerprint density at radius 2 is 0.697 bits per heavy atom. The number of anilines is 3. The molecule has 0 aliphatic rings. The monoisotopic (exact) mass is 859 g/mol. The van der Waals surface area contributed by atoms with Crippen LogP contribution in [0.2, 0.25) is 0 Å². The molecule has 9 aromatic carbocycles. The van der Waals surface area contributed by atoms with Crippen LogP contribution in [-0.4, -0.2) is 25.2 Å². The molecule has 0 N–H and O–H groups in total. The van der Waals surface area contributed by atoms with Crippen LogP contribution in [0, 0.1) is 0 Å². The molecule has 0 spiro atoms. The second kappa shape index (κ2) is 20.0. The lowest BCUT2D eigenvalue weighted by molar-refractivity contribution is 0.0513. The largest absolute Gasteiger partial charge is 0.462 e. The van der Waals surface area contributed by atoms with E-state index in [-0.39, 0.29) is 13.2 Å². The predicted octanol–water partition coefficient (Wildman–Crippen LogP) is 15.4. The molecule has 9 aromatic rings. The van der Waals surface area contributed by atoms with Crippen LogP contribution in [-0.2, 0) is 15.9 Å². The molecule has 0 saturated heterocycles. The van der Waals surface area contributed by atoms with Crippen LogP contribution >= 0.6 is 0 Å². The van der Waals surface area contributed by atoms with Crippen molar-refractivity contribution in [1.82, 2.24) is 0 Å². The number of hydrogen-bond donors (Lipinski definition) is 0. The highest BCUT2D eigenvalue weighted by Crippen LogP contribution is 2.40. The lowest BCUT2D eigenvalue weighted by Crippen LogP contribution is -2.12. The van der Waals surface area contributed by atoms with Gasteiger partial charge in [-0.1, -0.05) is 170 Å². The van der Waals surface area contributed by atoms with Gasteiger partial charge in [0.15, 0.2) is 0 Å². The molecule has 0 bridgehead atoms. The third kappa shape index (κ3) is 9.62. The Morgan fingerprint density at radius 3 is 1.12 bits per heavy atom. The average molecular weight is 860 g/mol. The summed E-state index contributed by atoms with van der Waals surface area (Å²) in [5.41, 5.74) is 15.1. The molecule has 5 heteroatoms. The highest BCUT2D eigenvalue weighted by atomic mass is 16.5. The number of esters is 2. The van der Waals surface area contributed by atoms with Crippen molar-refractivity contribution in [2.45, 2.75) is 20.3 Å². The molecule has 322 valence electrons. The summed E-state index contributed by atoms with van der Waals surface area (Å²) in [5, 5.41) is 0. The van der Waals surface area contributed by atoms with Gasteiger partial charge in [-0.2, -0.15) is 0 Å². The van der Waals surface area contributed by atoms with Gasteiger partial charge in [-0.05, 0) is 142 Å². The highest BCUT2D eigenvalue weighted by Gasteiger charge is 2.24. The van der Waals surface area contributed by atoms with Gasteiger partial charge in [0.2, 0.25) is 0 Å². The smallest absolute Gasteiger partial charge is 0.338 e. The minimum absolute atomic E-state index is 0.192. The van der Waals surface area contributed by atoms with Crippen LogP contribution in [0.25, 0.3) is 55.6 Å². The normalized spacial score (nSPS) is 10.9. The van der Waals surface area contributed by atoms with Crippen molar-refractivity contribution in [2.75, 3.05) is 18.1 Å². The third-order valence-corrected chi connectivity index (χ3v) is 11.7. The molecule has 0 aliphatic heterocycles. The summed E-state index contributed by atoms with van der Waals surface area (Å²) < 4.78 is 11.5. The zero-order valence-electron chi connectivity index (χ0n) is 37.1. The van der Waals surface area contributed by atoms with Gasteiger partial charge < -0.3 is 14.4 Å². The summed E-state index contributed by atoms with van der Waals surface area (Å²) in [5.74, 6) is -0.949. The first-order valence-corrected chi connectivity index (χ1v) is 22.4. The van der Waals surface area contributed by atoms with E-state index < -0.39 is 11.9 Å². The number of carbonyl (C=O) groups excluding carboxylic acids is 2. The van der Waals surface area contributed by atoms with Crippen molar-refractivity contribution in [3.8, 4) is 55.6 Å². The summed E-state index contributed by atoms with van der Waals surface area (Å²) >= 11 is 0. The first-order valence-electron chi connectivity index (χ1n) is 22.4. The molecular formula is C61H49NO4. The molecule has 0 amide bonds. The Labute approximate surface area is 387 Å². The van der Waals surface area contributed by atoms with Gasteiger partial charge in [0.1, 0.15) is 0 Å². The van der Waals surface area contributed by atoms with Crippen LogP contribution in [0.5, 0.6) is 0 Å². The first-order chi connectivity index (χ1) is 32.4. The molecule has 0 saturated carbocycles. The molecule has 5 nitrogen and oxygen atoms in total. The van der Waals surface area contributed by atoms with E-state index in [0.29, 0.717) is 28.7 Å². The lowest BCUT2D eigenvalue weighted by atomic mass is 9.88. The fourth-order valence-corrected chi connectivity index (χ4v) is 8.52. The molecule has 0 atom stereocenters.